The lowest BCUT2D eigenvalue weighted by Crippen LogP contribution is -2.34. The van der Waals surface area contributed by atoms with Gasteiger partial charge in [-0.25, -0.2) is 4.79 Å². The molecule has 1 aliphatic heterocycles. The monoisotopic (exact) mass is 395 g/mol. The van der Waals surface area contributed by atoms with Gasteiger partial charge in [-0.05, 0) is 36.6 Å². The van der Waals surface area contributed by atoms with Gasteiger partial charge in [-0.1, -0.05) is 36.4 Å². The summed E-state index contributed by atoms with van der Waals surface area (Å²) in [6, 6.07) is 14.4. The molecule has 0 aromatic heterocycles. The molecule has 1 fully saturated rings. The Morgan fingerprint density at radius 1 is 0.966 bits per heavy atom. The molecule has 0 unspecified atom stereocenters. The molecular weight excluding hydrogens is 370 g/mol. The van der Waals surface area contributed by atoms with Crippen LogP contribution in [0.25, 0.3) is 6.08 Å². The van der Waals surface area contributed by atoms with E-state index in [9.17, 15) is 9.59 Å². The molecule has 1 atom stereocenters. The number of ether oxygens (including phenoxy) is 3. The minimum absolute atomic E-state index is 0.179. The van der Waals surface area contributed by atoms with Gasteiger partial charge in [0.05, 0.1) is 14.2 Å². The summed E-state index contributed by atoms with van der Waals surface area (Å²) >= 11 is 0. The molecule has 6 nitrogen and oxygen atoms in total. The lowest BCUT2D eigenvalue weighted by Gasteiger charge is -2.23. The fraction of sp³-hybridized carbons (Fsp3) is 0.304. The normalized spacial score (nSPS) is 14.6. The average molecular weight is 395 g/mol. The first-order valence-corrected chi connectivity index (χ1v) is 9.57. The smallest absolute Gasteiger partial charge is 0.331 e. The largest absolute Gasteiger partial charge is 0.493 e. The van der Waals surface area contributed by atoms with Gasteiger partial charge in [-0.2, -0.15) is 0 Å². The molecule has 152 valence electrons. The molecule has 1 heterocycles. The third-order valence-electron chi connectivity index (χ3n) is 4.80. The minimum Gasteiger partial charge on any atom is -0.493 e. The Hall–Kier alpha value is -3.28. The maximum atomic E-state index is 12.9. The average Bonchev–Trinajstić information content (AvgIpc) is 3.31. The Morgan fingerprint density at radius 2 is 1.66 bits per heavy atom. The molecule has 0 saturated carbocycles. The molecule has 29 heavy (non-hydrogen) atoms. The molecule has 0 N–H and O–H groups in total. The maximum Gasteiger partial charge on any atom is 0.331 e. The Labute approximate surface area is 170 Å². The minimum atomic E-state index is -0.947. The zero-order chi connectivity index (χ0) is 20.6. The highest BCUT2D eigenvalue weighted by molar-refractivity contribution is 5.91. The predicted molar refractivity (Wildman–Crippen MR) is 110 cm³/mol. The van der Waals surface area contributed by atoms with E-state index in [1.54, 1.807) is 55.5 Å². The van der Waals surface area contributed by atoms with E-state index in [0.29, 0.717) is 30.2 Å². The number of esters is 1. The first kappa shape index (κ1) is 20.5. The van der Waals surface area contributed by atoms with Gasteiger partial charge >= 0.3 is 5.97 Å². The van der Waals surface area contributed by atoms with Gasteiger partial charge < -0.3 is 19.1 Å². The number of hydrogen-bond acceptors (Lipinski definition) is 5. The van der Waals surface area contributed by atoms with Gasteiger partial charge in [0.1, 0.15) is 0 Å². The molecule has 1 amide bonds. The number of carbonyl (C=O) groups excluding carboxylic acids is 2. The van der Waals surface area contributed by atoms with Crippen molar-refractivity contribution in [3.05, 3.63) is 65.7 Å². The number of amides is 1. The van der Waals surface area contributed by atoms with E-state index in [4.69, 9.17) is 14.2 Å². The second-order valence-corrected chi connectivity index (χ2v) is 6.71. The van der Waals surface area contributed by atoms with Crippen molar-refractivity contribution in [1.82, 2.24) is 4.90 Å². The van der Waals surface area contributed by atoms with Crippen LogP contribution in [-0.4, -0.2) is 44.1 Å². The van der Waals surface area contributed by atoms with Crippen molar-refractivity contribution in [3.63, 3.8) is 0 Å². The van der Waals surface area contributed by atoms with Gasteiger partial charge in [-0.15, -0.1) is 0 Å². The van der Waals surface area contributed by atoms with Gasteiger partial charge in [0.2, 0.25) is 6.10 Å². The van der Waals surface area contributed by atoms with Gasteiger partial charge in [0.15, 0.2) is 11.5 Å². The molecule has 2 aromatic rings. The van der Waals surface area contributed by atoms with E-state index in [0.717, 1.165) is 18.4 Å². The summed E-state index contributed by atoms with van der Waals surface area (Å²) < 4.78 is 16.0. The van der Waals surface area contributed by atoms with Crippen LogP contribution in [0.1, 0.15) is 30.1 Å². The van der Waals surface area contributed by atoms with Crippen molar-refractivity contribution in [2.45, 2.75) is 18.9 Å². The summed E-state index contributed by atoms with van der Waals surface area (Å²) in [5.74, 6) is 0.407. The van der Waals surface area contributed by atoms with Crippen molar-refractivity contribution in [2.75, 3.05) is 27.3 Å². The highest BCUT2D eigenvalue weighted by Crippen LogP contribution is 2.28. The Morgan fingerprint density at radius 3 is 2.31 bits per heavy atom. The number of likely N-dealkylation sites (tertiary alicyclic amines) is 1. The number of hydrogen-bond donors (Lipinski definition) is 0. The Kier molecular flexibility index (Phi) is 6.89. The summed E-state index contributed by atoms with van der Waals surface area (Å²) in [5, 5.41) is 0. The van der Waals surface area contributed by atoms with E-state index < -0.39 is 12.1 Å². The lowest BCUT2D eigenvalue weighted by molar-refractivity contribution is -0.156. The molecule has 1 aliphatic rings. The first-order chi connectivity index (χ1) is 14.1. The topological polar surface area (TPSA) is 65.1 Å². The molecule has 0 spiro atoms. The van der Waals surface area contributed by atoms with Crippen LogP contribution in [0.3, 0.4) is 0 Å². The number of methoxy groups -OCH3 is 2. The van der Waals surface area contributed by atoms with Gasteiger partial charge in [0.25, 0.3) is 5.91 Å². The molecular formula is C23H25NO5. The molecule has 1 saturated heterocycles. The number of carbonyl (C=O) groups is 2. The molecule has 0 aliphatic carbocycles. The number of rotatable bonds is 7. The summed E-state index contributed by atoms with van der Waals surface area (Å²) in [4.78, 5) is 27.1. The van der Waals surface area contributed by atoms with Gasteiger partial charge in [-0.3, -0.25) is 4.79 Å². The highest BCUT2D eigenvalue weighted by atomic mass is 16.5. The second-order valence-electron chi connectivity index (χ2n) is 6.71. The van der Waals surface area contributed by atoms with Crippen LogP contribution in [0.2, 0.25) is 0 Å². The van der Waals surface area contributed by atoms with E-state index in [1.807, 2.05) is 18.2 Å². The van der Waals surface area contributed by atoms with Crippen molar-refractivity contribution < 1.29 is 23.8 Å². The summed E-state index contributed by atoms with van der Waals surface area (Å²) in [6.07, 6.45) is 3.93. The summed E-state index contributed by atoms with van der Waals surface area (Å²) in [5.41, 5.74) is 1.42. The predicted octanol–water partition coefficient (Wildman–Crippen LogP) is 3.62. The van der Waals surface area contributed by atoms with Crippen LogP contribution in [0.4, 0.5) is 0 Å². The van der Waals surface area contributed by atoms with Crippen LogP contribution < -0.4 is 9.47 Å². The lowest BCUT2D eigenvalue weighted by atomic mass is 10.1. The molecule has 3 rings (SSSR count). The summed E-state index contributed by atoms with van der Waals surface area (Å²) in [6.45, 7) is 1.39. The molecule has 6 heteroatoms. The fourth-order valence-electron chi connectivity index (χ4n) is 3.27. The summed E-state index contributed by atoms with van der Waals surface area (Å²) in [7, 11) is 3.11. The number of nitrogens with zero attached hydrogens (tertiary/aromatic N) is 1. The van der Waals surface area contributed by atoms with E-state index in [1.165, 1.54) is 6.08 Å². The zero-order valence-corrected chi connectivity index (χ0v) is 16.7. The quantitative estimate of drug-likeness (QED) is 0.529. The third kappa shape index (κ3) is 5.16. The van der Waals surface area contributed by atoms with E-state index in [-0.39, 0.29) is 5.91 Å². The third-order valence-corrected chi connectivity index (χ3v) is 4.80. The van der Waals surface area contributed by atoms with Crippen molar-refractivity contribution in [3.8, 4) is 11.5 Å². The standard InChI is InChI=1S/C23H25NO5/c1-27-19-12-10-17(16-20(19)28-2)11-13-21(25)29-22(18-8-4-3-5-9-18)23(26)24-14-6-7-15-24/h3-5,8-13,16,22H,6-7,14-15H2,1-2H3/b13-11+/t22-/m1/s1. The van der Waals surface area contributed by atoms with Crippen LogP contribution >= 0.6 is 0 Å². The molecule has 0 radical (unpaired) electrons. The van der Waals surface area contributed by atoms with E-state index >= 15 is 0 Å². The van der Waals surface area contributed by atoms with Crippen molar-refractivity contribution in [1.29, 1.82) is 0 Å². The fourth-order valence-corrected chi connectivity index (χ4v) is 3.27. The van der Waals surface area contributed by atoms with E-state index in [2.05, 4.69) is 0 Å². The van der Waals surface area contributed by atoms with Crippen molar-refractivity contribution in [2.24, 2.45) is 0 Å². The van der Waals surface area contributed by atoms with Crippen LogP contribution in [0.5, 0.6) is 11.5 Å². The zero-order valence-electron chi connectivity index (χ0n) is 16.7. The van der Waals surface area contributed by atoms with Crippen LogP contribution in [0.15, 0.2) is 54.6 Å². The SMILES string of the molecule is COc1ccc(/C=C/C(=O)O[C@@H](C(=O)N2CCCC2)c2ccccc2)cc1OC. The number of benzene rings is 2. The maximum absolute atomic E-state index is 12.9. The highest BCUT2D eigenvalue weighted by Gasteiger charge is 2.30. The van der Waals surface area contributed by atoms with Gasteiger partial charge in [0, 0.05) is 24.7 Å². The molecule has 2 aromatic carbocycles. The first-order valence-electron chi connectivity index (χ1n) is 9.57. The van der Waals surface area contributed by atoms with Crippen molar-refractivity contribution >= 4 is 18.0 Å². The Bertz CT molecular complexity index is 872. The Balaban J connectivity index is 1.74. The second kappa shape index (κ2) is 9.78. The van der Waals surface area contributed by atoms with Crippen LogP contribution in [0, 0.1) is 0 Å². The van der Waals surface area contributed by atoms with Crippen LogP contribution in [-0.2, 0) is 14.3 Å². The molecule has 0 bridgehead atoms.